The molecule has 0 aromatic carbocycles. The zero-order chi connectivity index (χ0) is 14.4. The Labute approximate surface area is 117 Å². The van der Waals surface area contributed by atoms with Crippen LogP contribution in [0, 0.1) is 11.8 Å². The summed E-state index contributed by atoms with van der Waals surface area (Å²) in [5, 5.41) is 3.48. The first kappa shape index (κ1) is 16.4. The van der Waals surface area contributed by atoms with E-state index in [1.807, 2.05) is 4.90 Å². The lowest BCUT2D eigenvalue weighted by Gasteiger charge is -2.27. The number of rotatable bonds is 8. The van der Waals surface area contributed by atoms with Crippen LogP contribution in [-0.4, -0.2) is 42.8 Å². The fourth-order valence-electron chi connectivity index (χ4n) is 2.52. The number of amides is 1. The number of carbonyl (C=O) groups is 1. The van der Waals surface area contributed by atoms with Gasteiger partial charge in [-0.1, -0.05) is 34.6 Å². The largest absolute Gasteiger partial charge is 0.381 e. The molecule has 2 unspecified atom stereocenters. The Morgan fingerprint density at radius 1 is 1.21 bits per heavy atom. The fourth-order valence-corrected chi connectivity index (χ4v) is 2.52. The topological polar surface area (TPSA) is 41.6 Å². The minimum absolute atomic E-state index is 0.0241. The highest BCUT2D eigenvalue weighted by atomic mass is 16.5. The third-order valence-electron chi connectivity index (χ3n) is 3.57. The SMILES string of the molecule is CCCOCCCN1C(=O)C(C(C)C)NC1C(C)C. The summed E-state index contributed by atoms with van der Waals surface area (Å²) in [5.41, 5.74) is 0. The third-order valence-corrected chi connectivity index (χ3v) is 3.57. The number of hydrogen-bond acceptors (Lipinski definition) is 3. The van der Waals surface area contributed by atoms with E-state index in [9.17, 15) is 4.79 Å². The molecule has 0 spiro atoms. The molecule has 4 nitrogen and oxygen atoms in total. The van der Waals surface area contributed by atoms with E-state index in [1.54, 1.807) is 0 Å². The van der Waals surface area contributed by atoms with Gasteiger partial charge < -0.3 is 9.64 Å². The second-order valence-electron chi connectivity index (χ2n) is 6.07. The highest BCUT2D eigenvalue weighted by Crippen LogP contribution is 2.21. The number of nitrogens with zero attached hydrogens (tertiary/aromatic N) is 1. The molecule has 0 bridgehead atoms. The van der Waals surface area contributed by atoms with Crippen molar-refractivity contribution in [3.05, 3.63) is 0 Å². The summed E-state index contributed by atoms with van der Waals surface area (Å²) in [5.74, 6) is 1.03. The average Bonchev–Trinajstić information content (AvgIpc) is 2.67. The Morgan fingerprint density at radius 2 is 1.89 bits per heavy atom. The van der Waals surface area contributed by atoms with Crippen LogP contribution in [0.5, 0.6) is 0 Å². The molecule has 1 fully saturated rings. The second-order valence-corrected chi connectivity index (χ2v) is 6.07. The van der Waals surface area contributed by atoms with E-state index < -0.39 is 0 Å². The Balaban J connectivity index is 2.50. The summed E-state index contributed by atoms with van der Waals surface area (Å²) >= 11 is 0. The van der Waals surface area contributed by atoms with Crippen LogP contribution in [0.4, 0.5) is 0 Å². The molecule has 1 saturated heterocycles. The van der Waals surface area contributed by atoms with E-state index in [-0.39, 0.29) is 18.1 Å². The first-order chi connectivity index (χ1) is 8.99. The molecule has 19 heavy (non-hydrogen) atoms. The number of hydrogen-bond donors (Lipinski definition) is 1. The first-order valence-corrected chi connectivity index (χ1v) is 7.63. The normalized spacial score (nSPS) is 23.9. The quantitative estimate of drug-likeness (QED) is 0.688. The highest BCUT2D eigenvalue weighted by Gasteiger charge is 2.40. The zero-order valence-electron chi connectivity index (χ0n) is 13.1. The van der Waals surface area contributed by atoms with Gasteiger partial charge in [-0.25, -0.2) is 0 Å². The van der Waals surface area contributed by atoms with Gasteiger partial charge in [-0.3, -0.25) is 10.1 Å². The molecule has 0 aromatic heterocycles. The van der Waals surface area contributed by atoms with Gasteiger partial charge in [0, 0.05) is 19.8 Å². The molecule has 0 aliphatic carbocycles. The van der Waals surface area contributed by atoms with Gasteiger partial charge in [0.15, 0.2) is 0 Å². The van der Waals surface area contributed by atoms with Crippen molar-refractivity contribution in [1.29, 1.82) is 0 Å². The maximum Gasteiger partial charge on any atom is 0.241 e. The lowest BCUT2D eigenvalue weighted by molar-refractivity contribution is -0.131. The van der Waals surface area contributed by atoms with E-state index in [1.165, 1.54) is 0 Å². The van der Waals surface area contributed by atoms with Gasteiger partial charge in [0.25, 0.3) is 0 Å². The Kier molecular flexibility index (Phi) is 6.80. The van der Waals surface area contributed by atoms with Crippen LogP contribution in [0.15, 0.2) is 0 Å². The molecule has 0 radical (unpaired) electrons. The van der Waals surface area contributed by atoms with Crippen LogP contribution in [0.3, 0.4) is 0 Å². The van der Waals surface area contributed by atoms with Gasteiger partial charge >= 0.3 is 0 Å². The van der Waals surface area contributed by atoms with Crippen molar-refractivity contribution in [2.45, 2.75) is 59.7 Å². The summed E-state index contributed by atoms with van der Waals surface area (Å²) in [7, 11) is 0. The Morgan fingerprint density at radius 3 is 2.42 bits per heavy atom. The van der Waals surface area contributed by atoms with Crippen LogP contribution < -0.4 is 5.32 Å². The van der Waals surface area contributed by atoms with E-state index in [0.717, 1.165) is 32.6 Å². The van der Waals surface area contributed by atoms with Crippen LogP contribution in [0.2, 0.25) is 0 Å². The third kappa shape index (κ3) is 4.46. The van der Waals surface area contributed by atoms with Gasteiger partial charge in [-0.2, -0.15) is 0 Å². The smallest absolute Gasteiger partial charge is 0.241 e. The van der Waals surface area contributed by atoms with E-state index in [2.05, 4.69) is 39.9 Å². The van der Waals surface area contributed by atoms with Crippen LogP contribution in [-0.2, 0) is 9.53 Å². The fraction of sp³-hybridized carbons (Fsp3) is 0.933. The predicted molar refractivity (Wildman–Crippen MR) is 77.8 cm³/mol. The molecule has 112 valence electrons. The summed E-state index contributed by atoms with van der Waals surface area (Å²) in [6, 6.07) is -0.0241. The second kappa shape index (κ2) is 7.85. The minimum atomic E-state index is -0.0241. The highest BCUT2D eigenvalue weighted by molar-refractivity contribution is 5.84. The van der Waals surface area contributed by atoms with Gasteiger partial charge in [0.2, 0.25) is 5.91 Å². The molecule has 1 N–H and O–H groups in total. The zero-order valence-corrected chi connectivity index (χ0v) is 13.1. The summed E-state index contributed by atoms with van der Waals surface area (Å²) in [6.07, 6.45) is 2.14. The maximum atomic E-state index is 12.4. The number of nitrogens with one attached hydrogen (secondary N) is 1. The van der Waals surface area contributed by atoms with Crippen LogP contribution >= 0.6 is 0 Å². The van der Waals surface area contributed by atoms with Crippen molar-refractivity contribution in [2.24, 2.45) is 11.8 Å². The van der Waals surface area contributed by atoms with E-state index in [0.29, 0.717) is 11.8 Å². The maximum absolute atomic E-state index is 12.4. The average molecular weight is 270 g/mol. The molecule has 4 heteroatoms. The Bertz CT molecular complexity index is 279. The van der Waals surface area contributed by atoms with Gasteiger partial charge in [-0.15, -0.1) is 0 Å². The lowest BCUT2D eigenvalue weighted by Crippen LogP contribution is -2.42. The van der Waals surface area contributed by atoms with Crippen LogP contribution in [0.25, 0.3) is 0 Å². The molecule has 1 aliphatic heterocycles. The van der Waals surface area contributed by atoms with E-state index >= 15 is 0 Å². The molecular weight excluding hydrogens is 240 g/mol. The van der Waals surface area contributed by atoms with Crippen molar-refractivity contribution < 1.29 is 9.53 Å². The minimum Gasteiger partial charge on any atom is -0.381 e. The molecule has 1 amide bonds. The molecule has 1 aliphatic rings. The van der Waals surface area contributed by atoms with Gasteiger partial charge in [-0.05, 0) is 24.7 Å². The predicted octanol–water partition coefficient (Wildman–Crippen LogP) is 2.24. The monoisotopic (exact) mass is 270 g/mol. The van der Waals surface area contributed by atoms with Gasteiger partial charge in [0.1, 0.15) is 0 Å². The molecular formula is C15H30N2O2. The van der Waals surface area contributed by atoms with Crippen LogP contribution in [0.1, 0.15) is 47.5 Å². The van der Waals surface area contributed by atoms with E-state index in [4.69, 9.17) is 4.74 Å². The summed E-state index contributed by atoms with van der Waals surface area (Å²) < 4.78 is 5.49. The summed E-state index contributed by atoms with van der Waals surface area (Å²) in [6.45, 7) is 13.0. The standard InChI is InChI=1S/C15H30N2O2/c1-6-9-19-10-7-8-17-14(12(4)5)16-13(11(2)3)15(17)18/h11-14,16H,6-10H2,1-5H3. The number of carbonyl (C=O) groups excluding carboxylic acids is 1. The molecule has 0 aromatic rings. The van der Waals surface area contributed by atoms with Gasteiger partial charge in [0.05, 0.1) is 12.2 Å². The molecule has 1 rings (SSSR count). The van der Waals surface area contributed by atoms with Crippen molar-refractivity contribution in [3.63, 3.8) is 0 Å². The van der Waals surface area contributed by atoms with Crippen molar-refractivity contribution in [1.82, 2.24) is 10.2 Å². The molecule has 2 atom stereocenters. The van der Waals surface area contributed by atoms with Crippen molar-refractivity contribution in [3.8, 4) is 0 Å². The lowest BCUT2D eigenvalue weighted by atomic mass is 10.0. The Hall–Kier alpha value is -0.610. The number of ether oxygens (including phenoxy) is 1. The summed E-state index contributed by atoms with van der Waals surface area (Å²) in [4.78, 5) is 14.4. The van der Waals surface area contributed by atoms with Crippen molar-refractivity contribution in [2.75, 3.05) is 19.8 Å². The molecule has 0 saturated carbocycles. The van der Waals surface area contributed by atoms with Crippen molar-refractivity contribution >= 4 is 5.91 Å². The molecule has 1 heterocycles. The first-order valence-electron chi connectivity index (χ1n) is 7.63.